The van der Waals surface area contributed by atoms with Crippen molar-refractivity contribution in [3.05, 3.63) is 0 Å². The Morgan fingerprint density at radius 1 is 0.289 bits per heavy atom. The minimum atomic E-state index is -3.34. The molecular weight excluding hydrogens is 586 g/mol. The monoisotopic (exact) mass is 674 g/mol. The quantitative estimate of drug-likeness (QED) is 0.0482. The first-order valence-corrected chi connectivity index (χ1v) is 23.7. The summed E-state index contributed by atoms with van der Waals surface area (Å²) in [5.74, 6) is 0. The zero-order chi connectivity index (χ0) is 33.3. The van der Waals surface area contributed by atoms with Gasteiger partial charge in [0.1, 0.15) is 0 Å². The number of hydrogen-bond donors (Lipinski definition) is 0. The van der Waals surface area contributed by atoms with E-state index >= 15 is 0 Å². The van der Waals surface area contributed by atoms with Crippen LogP contribution in [-0.4, -0.2) is 56.0 Å². The fraction of sp³-hybridized carbons (Fsp3) is 1.00. The van der Waals surface area contributed by atoms with Crippen LogP contribution >= 0.6 is 0 Å². The van der Waals surface area contributed by atoms with Gasteiger partial charge in [0.2, 0.25) is 0 Å². The molecule has 0 N–H and O–H groups in total. The van der Waals surface area contributed by atoms with E-state index in [9.17, 15) is 0 Å². The second-order valence-corrected chi connectivity index (χ2v) is 19.3. The Balaban J connectivity index is 6.95. The van der Waals surface area contributed by atoms with E-state index in [4.69, 9.17) is 3.32 Å². The van der Waals surface area contributed by atoms with Gasteiger partial charge in [0.05, 0.1) is 0 Å². The van der Waals surface area contributed by atoms with Gasteiger partial charge in [0.25, 0.3) is 0 Å². The first kappa shape index (κ1) is 45.6. The Bertz CT molecular complexity index is 472. The Labute approximate surface area is 291 Å². The zero-order valence-corrected chi connectivity index (χ0v) is 34.1. The van der Waals surface area contributed by atoms with E-state index in [2.05, 4.69) is 58.6 Å². The van der Waals surface area contributed by atoms with Gasteiger partial charge in [-0.2, -0.15) is 0 Å². The molecule has 0 aromatic heterocycles. The van der Waals surface area contributed by atoms with Crippen molar-refractivity contribution < 1.29 is 21.1 Å². The van der Waals surface area contributed by atoms with E-state index in [-0.39, 0.29) is 0 Å². The molecule has 272 valence electrons. The van der Waals surface area contributed by atoms with Crippen molar-refractivity contribution in [1.29, 1.82) is 0 Å². The van der Waals surface area contributed by atoms with Crippen LogP contribution in [0.5, 0.6) is 0 Å². The molecule has 0 amide bonds. The van der Waals surface area contributed by atoms with Gasteiger partial charge in [0, 0.05) is 0 Å². The molecule has 0 aliphatic carbocycles. The Hall–Kier alpha value is 0.554. The second kappa shape index (κ2) is 34.4. The standard InChI is InChI=1S/3C12H26N.C4H9O.Ti/c3*1-3-5-7-9-11-13-12-10-8-6-4-2;1-2-3-4-5;/h3*3-12H2,1-2H3;2-4H2,1H3;/q4*-1;+4. The molecule has 0 spiro atoms. The first-order chi connectivity index (χ1) is 22.1. The average Bonchev–Trinajstić information content (AvgIpc) is 3.05. The van der Waals surface area contributed by atoms with E-state index < -0.39 is 17.7 Å². The van der Waals surface area contributed by atoms with E-state index in [1.807, 2.05) is 0 Å². The van der Waals surface area contributed by atoms with Gasteiger partial charge in [-0.05, 0) is 0 Å². The van der Waals surface area contributed by atoms with Gasteiger partial charge in [-0.1, -0.05) is 0 Å². The topological polar surface area (TPSA) is 19.0 Å². The van der Waals surface area contributed by atoms with Crippen molar-refractivity contribution in [2.75, 3.05) is 45.9 Å². The molecule has 0 saturated heterocycles. The van der Waals surface area contributed by atoms with Crippen molar-refractivity contribution in [2.45, 2.75) is 215 Å². The third-order valence-corrected chi connectivity index (χ3v) is 16.6. The third-order valence-electron chi connectivity index (χ3n) is 9.72. The van der Waals surface area contributed by atoms with Crippen LogP contribution in [0.2, 0.25) is 0 Å². The fourth-order valence-corrected chi connectivity index (χ4v) is 14.4. The van der Waals surface area contributed by atoms with Gasteiger partial charge in [-0.3, -0.25) is 0 Å². The summed E-state index contributed by atoms with van der Waals surface area (Å²) in [7, 11) is 0. The summed E-state index contributed by atoms with van der Waals surface area (Å²) in [4.78, 5) is 0. The summed E-state index contributed by atoms with van der Waals surface area (Å²) in [6, 6.07) is 0. The Morgan fingerprint density at radius 2 is 0.511 bits per heavy atom. The van der Waals surface area contributed by atoms with E-state index in [0.717, 1.165) is 6.61 Å². The molecule has 5 heteroatoms. The maximum absolute atomic E-state index is 7.76. The summed E-state index contributed by atoms with van der Waals surface area (Å²) < 4.78 is 17.1. The van der Waals surface area contributed by atoms with Gasteiger partial charge in [-0.15, -0.1) is 0 Å². The van der Waals surface area contributed by atoms with Crippen LogP contribution in [0.15, 0.2) is 0 Å². The molecule has 45 heavy (non-hydrogen) atoms. The molecule has 0 unspecified atom stereocenters. The molecule has 0 heterocycles. The molecule has 0 atom stereocenters. The van der Waals surface area contributed by atoms with Crippen LogP contribution in [0.1, 0.15) is 215 Å². The molecule has 0 rings (SSSR count). The number of unbranched alkanes of at least 4 members (excludes halogenated alkanes) is 19. The molecule has 0 aromatic carbocycles. The minimum absolute atomic E-state index is 0.956. The van der Waals surface area contributed by atoms with Crippen molar-refractivity contribution in [3.8, 4) is 0 Å². The number of nitrogens with zero attached hydrogens (tertiary/aromatic N) is 3. The number of hydrogen-bond acceptors (Lipinski definition) is 4. The normalized spacial score (nSPS) is 12.4. The summed E-state index contributed by atoms with van der Waals surface area (Å²) in [6.45, 7) is 25.0. The third kappa shape index (κ3) is 22.0. The van der Waals surface area contributed by atoms with Crippen LogP contribution in [0.4, 0.5) is 0 Å². The summed E-state index contributed by atoms with van der Waals surface area (Å²) >= 11 is -3.34. The second-order valence-electron chi connectivity index (χ2n) is 14.1. The van der Waals surface area contributed by atoms with Crippen molar-refractivity contribution in [2.24, 2.45) is 0 Å². The molecule has 0 bridgehead atoms. The SMILES string of the molecule is CCCCCC[N](CCCCCC)[Ti]([O]CCCC)([N](CCCCCC)CCCCCC)[N](CCCCCC)CCCCCC. The van der Waals surface area contributed by atoms with Gasteiger partial charge in [0.15, 0.2) is 0 Å². The van der Waals surface area contributed by atoms with Crippen molar-refractivity contribution in [3.63, 3.8) is 0 Å². The predicted octanol–water partition coefficient (Wildman–Crippen LogP) is 13.0. The predicted molar refractivity (Wildman–Crippen MR) is 200 cm³/mol. The van der Waals surface area contributed by atoms with Crippen molar-refractivity contribution >= 4 is 0 Å². The van der Waals surface area contributed by atoms with Crippen LogP contribution in [0.3, 0.4) is 0 Å². The maximum atomic E-state index is 7.76. The van der Waals surface area contributed by atoms with Crippen LogP contribution in [0, 0.1) is 0 Å². The van der Waals surface area contributed by atoms with Gasteiger partial charge < -0.3 is 0 Å². The van der Waals surface area contributed by atoms with Crippen molar-refractivity contribution in [1.82, 2.24) is 10.1 Å². The van der Waals surface area contributed by atoms with Crippen LogP contribution < -0.4 is 0 Å². The Kier molecular flexibility index (Phi) is 34.8. The molecular formula is C40H87N3OTi. The Morgan fingerprint density at radius 3 is 0.711 bits per heavy atom. The molecule has 0 aromatic rings. The molecule has 0 aliphatic rings. The molecule has 4 nitrogen and oxygen atoms in total. The van der Waals surface area contributed by atoms with Gasteiger partial charge >= 0.3 is 292 Å². The number of rotatable bonds is 37. The molecule has 0 fully saturated rings. The fourth-order valence-electron chi connectivity index (χ4n) is 6.81. The van der Waals surface area contributed by atoms with E-state index in [1.165, 1.54) is 206 Å². The van der Waals surface area contributed by atoms with E-state index in [1.54, 1.807) is 0 Å². The average molecular weight is 674 g/mol. The summed E-state index contributed by atoms with van der Waals surface area (Å²) in [5, 5.41) is 0. The summed E-state index contributed by atoms with van der Waals surface area (Å²) in [5.41, 5.74) is 0. The van der Waals surface area contributed by atoms with Crippen LogP contribution in [0.25, 0.3) is 0 Å². The van der Waals surface area contributed by atoms with E-state index in [0.29, 0.717) is 0 Å². The summed E-state index contributed by atoms with van der Waals surface area (Å²) in [6.07, 6.45) is 34.8. The molecule has 0 saturated carbocycles. The zero-order valence-electron chi connectivity index (χ0n) is 32.6. The van der Waals surface area contributed by atoms with Gasteiger partial charge in [-0.25, -0.2) is 0 Å². The van der Waals surface area contributed by atoms with Crippen LogP contribution in [-0.2, 0) is 21.1 Å². The molecule has 0 aliphatic heterocycles. The first-order valence-electron chi connectivity index (χ1n) is 21.0. The molecule has 0 radical (unpaired) electrons.